The molecule has 0 saturated carbocycles. The van der Waals surface area contributed by atoms with E-state index in [2.05, 4.69) is 0 Å². The summed E-state index contributed by atoms with van der Waals surface area (Å²) in [6.45, 7) is 0.488. The van der Waals surface area contributed by atoms with Crippen molar-refractivity contribution < 1.29 is 19.0 Å². The van der Waals surface area contributed by atoms with Crippen molar-refractivity contribution in [3.05, 3.63) is 96.1 Å². The van der Waals surface area contributed by atoms with E-state index in [0.29, 0.717) is 23.9 Å². The minimum Gasteiger partial charge on any atom is -0.496 e. The van der Waals surface area contributed by atoms with Gasteiger partial charge in [-0.25, -0.2) is 4.79 Å². The number of para-hydroxylation sites is 1. The van der Waals surface area contributed by atoms with Gasteiger partial charge >= 0.3 is 5.97 Å². The van der Waals surface area contributed by atoms with Crippen LogP contribution in [0.2, 0.25) is 0 Å². The van der Waals surface area contributed by atoms with E-state index < -0.39 is 5.97 Å². The van der Waals surface area contributed by atoms with Crippen molar-refractivity contribution in [1.82, 2.24) is 0 Å². The molecule has 27 heavy (non-hydrogen) atoms. The standard InChI is InChI=1S/C23H20O4/c1-25-22-10-6-5-9-19(22)11-16-23(24)27-21-14-12-20(13-15-21)26-17-18-7-3-2-4-8-18/h2-16H,17H2,1H3/b16-11+. The molecule has 136 valence electrons. The summed E-state index contributed by atoms with van der Waals surface area (Å²) in [5.41, 5.74) is 1.90. The van der Waals surface area contributed by atoms with Crippen molar-refractivity contribution >= 4 is 12.0 Å². The van der Waals surface area contributed by atoms with Crippen LogP contribution < -0.4 is 14.2 Å². The summed E-state index contributed by atoms with van der Waals surface area (Å²) in [6, 6.07) is 24.3. The van der Waals surface area contributed by atoms with E-state index in [9.17, 15) is 4.79 Å². The maximum atomic E-state index is 12.0. The van der Waals surface area contributed by atoms with E-state index >= 15 is 0 Å². The number of methoxy groups -OCH3 is 1. The molecule has 0 atom stereocenters. The van der Waals surface area contributed by atoms with Gasteiger partial charge in [0, 0.05) is 11.6 Å². The van der Waals surface area contributed by atoms with Crippen LogP contribution in [0.15, 0.2) is 84.9 Å². The number of benzene rings is 3. The molecule has 0 amide bonds. The first-order chi connectivity index (χ1) is 13.2. The fourth-order valence-corrected chi connectivity index (χ4v) is 2.46. The van der Waals surface area contributed by atoms with Crippen LogP contribution in [0.4, 0.5) is 0 Å². The van der Waals surface area contributed by atoms with Gasteiger partial charge in [-0.3, -0.25) is 0 Å². The van der Waals surface area contributed by atoms with Crippen LogP contribution in [-0.2, 0) is 11.4 Å². The average Bonchev–Trinajstić information content (AvgIpc) is 2.72. The molecule has 0 aliphatic rings. The Balaban J connectivity index is 1.54. The second kappa shape index (κ2) is 9.25. The lowest BCUT2D eigenvalue weighted by atomic mass is 10.2. The third-order valence-corrected chi connectivity index (χ3v) is 3.83. The first kappa shape index (κ1) is 18.3. The first-order valence-corrected chi connectivity index (χ1v) is 8.54. The van der Waals surface area contributed by atoms with E-state index in [1.54, 1.807) is 37.5 Å². The molecule has 0 bridgehead atoms. The van der Waals surface area contributed by atoms with Gasteiger partial charge < -0.3 is 14.2 Å². The Morgan fingerprint density at radius 2 is 1.52 bits per heavy atom. The van der Waals surface area contributed by atoms with Gasteiger partial charge in [0.1, 0.15) is 23.9 Å². The second-order valence-electron chi connectivity index (χ2n) is 5.74. The second-order valence-corrected chi connectivity index (χ2v) is 5.74. The van der Waals surface area contributed by atoms with Crippen LogP contribution in [-0.4, -0.2) is 13.1 Å². The maximum absolute atomic E-state index is 12.0. The molecule has 0 unspecified atom stereocenters. The minimum absolute atomic E-state index is 0.455. The Morgan fingerprint density at radius 1 is 0.852 bits per heavy atom. The van der Waals surface area contributed by atoms with Crippen molar-refractivity contribution in [2.45, 2.75) is 6.61 Å². The molecule has 3 aromatic rings. The molecule has 3 aromatic carbocycles. The monoisotopic (exact) mass is 360 g/mol. The zero-order valence-electron chi connectivity index (χ0n) is 15.0. The highest BCUT2D eigenvalue weighted by Gasteiger charge is 2.03. The number of esters is 1. The minimum atomic E-state index is -0.459. The Labute approximate surface area is 158 Å². The largest absolute Gasteiger partial charge is 0.496 e. The Morgan fingerprint density at radius 3 is 2.26 bits per heavy atom. The third-order valence-electron chi connectivity index (χ3n) is 3.83. The highest BCUT2D eigenvalue weighted by Crippen LogP contribution is 2.20. The van der Waals surface area contributed by atoms with Crippen LogP contribution in [0.3, 0.4) is 0 Å². The summed E-state index contributed by atoms with van der Waals surface area (Å²) in [5.74, 6) is 1.40. The van der Waals surface area contributed by atoms with Gasteiger partial charge in [-0.15, -0.1) is 0 Å². The molecule has 0 fully saturated rings. The van der Waals surface area contributed by atoms with Gasteiger partial charge in [-0.2, -0.15) is 0 Å². The van der Waals surface area contributed by atoms with Crippen LogP contribution in [0.1, 0.15) is 11.1 Å². The Bertz CT molecular complexity index is 899. The number of rotatable bonds is 7. The molecule has 3 rings (SSSR count). The van der Waals surface area contributed by atoms with E-state index in [1.165, 1.54) is 6.08 Å². The van der Waals surface area contributed by atoms with Gasteiger partial charge in [0.25, 0.3) is 0 Å². The molecule has 0 radical (unpaired) electrons. The molecule has 0 spiro atoms. The fourth-order valence-electron chi connectivity index (χ4n) is 2.46. The zero-order chi connectivity index (χ0) is 18.9. The highest BCUT2D eigenvalue weighted by atomic mass is 16.5. The molecule has 0 saturated heterocycles. The van der Waals surface area contributed by atoms with Crippen molar-refractivity contribution in [1.29, 1.82) is 0 Å². The molecular formula is C23H20O4. The normalized spacial score (nSPS) is 10.6. The molecule has 0 aliphatic carbocycles. The predicted octanol–water partition coefficient (Wildman–Crippen LogP) is 4.89. The van der Waals surface area contributed by atoms with Crippen molar-refractivity contribution in [3.8, 4) is 17.2 Å². The van der Waals surface area contributed by atoms with E-state index in [1.807, 2.05) is 54.6 Å². The van der Waals surface area contributed by atoms with Gasteiger partial charge in [0.05, 0.1) is 7.11 Å². The number of hydrogen-bond donors (Lipinski definition) is 0. The predicted molar refractivity (Wildman–Crippen MR) is 105 cm³/mol. The van der Waals surface area contributed by atoms with Gasteiger partial charge in [-0.1, -0.05) is 48.5 Å². The zero-order valence-corrected chi connectivity index (χ0v) is 15.0. The molecule has 4 heteroatoms. The molecular weight excluding hydrogens is 340 g/mol. The number of carbonyl (C=O) groups is 1. The topological polar surface area (TPSA) is 44.8 Å². The van der Waals surface area contributed by atoms with Gasteiger partial charge in [0.15, 0.2) is 0 Å². The van der Waals surface area contributed by atoms with Gasteiger partial charge in [0.2, 0.25) is 0 Å². The Kier molecular flexibility index (Phi) is 6.26. The fraction of sp³-hybridized carbons (Fsp3) is 0.0870. The van der Waals surface area contributed by atoms with Crippen molar-refractivity contribution in [2.24, 2.45) is 0 Å². The molecule has 0 N–H and O–H groups in total. The molecule has 0 aliphatic heterocycles. The SMILES string of the molecule is COc1ccccc1/C=C/C(=O)Oc1ccc(OCc2ccccc2)cc1. The highest BCUT2D eigenvalue weighted by molar-refractivity contribution is 5.89. The van der Waals surface area contributed by atoms with Crippen molar-refractivity contribution in [3.63, 3.8) is 0 Å². The summed E-state index contributed by atoms with van der Waals surface area (Å²) in [6.07, 6.45) is 3.04. The maximum Gasteiger partial charge on any atom is 0.336 e. The summed E-state index contributed by atoms with van der Waals surface area (Å²) >= 11 is 0. The van der Waals surface area contributed by atoms with Crippen LogP contribution in [0.25, 0.3) is 6.08 Å². The quantitative estimate of drug-likeness (QED) is 0.342. The summed E-state index contributed by atoms with van der Waals surface area (Å²) in [7, 11) is 1.59. The Hall–Kier alpha value is -3.53. The third kappa shape index (κ3) is 5.47. The van der Waals surface area contributed by atoms with Crippen molar-refractivity contribution in [2.75, 3.05) is 7.11 Å². The number of ether oxygens (including phenoxy) is 3. The lowest BCUT2D eigenvalue weighted by Crippen LogP contribution is -2.03. The van der Waals surface area contributed by atoms with Crippen LogP contribution in [0, 0.1) is 0 Å². The summed E-state index contributed by atoms with van der Waals surface area (Å²) in [5, 5.41) is 0. The van der Waals surface area contributed by atoms with Gasteiger partial charge in [-0.05, 0) is 42.0 Å². The average molecular weight is 360 g/mol. The summed E-state index contributed by atoms with van der Waals surface area (Å²) < 4.78 is 16.3. The lowest BCUT2D eigenvalue weighted by molar-refractivity contribution is -0.128. The summed E-state index contributed by atoms with van der Waals surface area (Å²) in [4.78, 5) is 12.0. The molecule has 0 heterocycles. The number of hydrogen-bond acceptors (Lipinski definition) is 4. The van der Waals surface area contributed by atoms with Crippen LogP contribution >= 0.6 is 0 Å². The molecule has 0 aromatic heterocycles. The smallest absolute Gasteiger partial charge is 0.336 e. The van der Waals surface area contributed by atoms with E-state index in [-0.39, 0.29) is 0 Å². The van der Waals surface area contributed by atoms with E-state index in [0.717, 1.165) is 11.1 Å². The number of carbonyl (C=O) groups excluding carboxylic acids is 1. The molecule has 4 nitrogen and oxygen atoms in total. The van der Waals surface area contributed by atoms with E-state index in [4.69, 9.17) is 14.2 Å². The lowest BCUT2D eigenvalue weighted by Gasteiger charge is -2.07. The first-order valence-electron chi connectivity index (χ1n) is 8.54. The van der Waals surface area contributed by atoms with Crippen LogP contribution in [0.5, 0.6) is 17.2 Å².